The Labute approximate surface area is 212 Å². The van der Waals surface area contributed by atoms with Crippen LogP contribution in [0.2, 0.25) is 0 Å². The van der Waals surface area contributed by atoms with Gasteiger partial charge in [0.15, 0.2) is 16.1 Å². The Balaban J connectivity index is 1.33. The van der Waals surface area contributed by atoms with E-state index in [0.717, 1.165) is 21.7 Å². The zero-order valence-corrected chi connectivity index (χ0v) is 21.5. The highest BCUT2D eigenvalue weighted by Crippen LogP contribution is 2.30. The monoisotopic (exact) mass is 506 g/mol. The molecule has 2 heterocycles. The van der Waals surface area contributed by atoms with E-state index in [9.17, 15) is 9.59 Å². The zero-order chi connectivity index (χ0) is 24.9. The molecule has 35 heavy (non-hydrogen) atoms. The standard InChI is InChI=1S/C25H26N6O2S2/c1-15-10-12-19(13-11-15)23(33)26-16(2)22-29-30-25(31(22)4)34-14-20(32)27-24-28-21(17(3)35-24)18-8-6-5-7-9-18/h5-13,16H,14H2,1-4H3,(H,26,33)(H,27,28,32)/t16-/m1/s1. The van der Waals surface area contributed by atoms with Crippen molar-refractivity contribution < 1.29 is 9.59 Å². The van der Waals surface area contributed by atoms with Gasteiger partial charge in [-0.25, -0.2) is 4.98 Å². The Morgan fingerprint density at radius 1 is 1.06 bits per heavy atom. The summed E-state index contributed by atoms with van der Waals surface area (Å²) in [6, 6.07) is 16.9. The number of hydrogen-bond donors (Lipinski definition) is 2. The average molecular weight is 507 g/mol. The molecule has 180 valence electrons. The van der Waals surface area contributed by atoms with Crippen LogP contribution in [0.3, 0.4) is 0 Å². The van der Waals surface area contributed by atoms with Crippen LogP contribution in [-0.4, -0.2) is 37.3 Å². The van der Waals surface area contributed by atoms with Crippen LogP contribution in [0.5, 0.6) is 0 Å². The minimum absolute atomic E-state index is 0.162. The molecule has 10 heteroatoms. The second-order valence-electron chi connectivity index (χ2n) is 8.09. The van der Waals surface area contributed by atoms with Crippen LogP contribution < -0.4 is 10.6 Å². The molecule has 0 saturated carbocycles. The number of benzene rings is 2. The van der Waals surface area contributed by atoms with E-state index in [1.54, 1.807) is 16.7 Å². The van der Waals surface area contributed by atoms with Crippen molar-refractivity contribution in [3.8, 4) is 11.3 Å². The van der Waals surface area contributed by atoms with Gasteiger partial charge < -0.3 is 15.2 Å². The van der Waals surface area contributed by atoms with Gasteiger partial charge in [-0.05, 0) is 32.9 Å². The predicted octanol–water partition coefficient (Wildman–Crippen LogP) is 4.78. The first kappa shape index (κ1) is 24.6. The molecule has 4 aromatic rings. The average Bonchev–Trinajstić information content (AvgIpc) is 3.40. The highest BCUT2D eigenvalue weighted by molar-refractivity contribution is 7.99. The van der Waals surface area contributed by atoms with Gasteiger partial charge in [-0.3, -0.25) is 9.59 Å². The van der Waals surface area contributed by atoms with Crippen LogP contribution >= 0.6 is 23.1 Å². The van der Waals surface area contributed by atoms with Crippen molar-refractivity contribution in [2.75, 3.05) is 11.1 Å². The lowest BCUT2D eigenvalue weighted by Gasteiger charge is -2.13. The summed E-state index contributed by atoms with van der Waals surface area (Å²) >= 11 is 2.73. The number of carbonyl (C=O) groups excluding carboxylic acids is 2. The fraction of sp³-hybridized carbons (Fsp3) is 0.240. The Morgan fingerprint density at radius 3 is 2.49 bits per heavy atom. The zero-order valence-electron chi connectivity index (χ0n) is 19.9. The fourth-order valence-corrected chi connectivity index (χ4v) is 5.05. The normalized spacial score (nSPS) is 11.8. The van der Waals surface area contributed by atoms with Crippen molar-refractivity contribution in [3.63, 3.8) is 0 Å². The molecule has 1 atom stereocenters. The van der Waals surface area contributed by atoms with Gasteiger partial charge in [0.2, 0.25) is 5.91 Å². The largest absolute Gasteiger partial charge is 0.342 e. The number of amides is 2. The number of nitrogens with one attached hydrogen (secondary N) is 2. The van der Waals surface area contributed by atoms with E-state index in [2.05, 4.69) is 25.8 Å². The number of anilines is 1. The van der Waals surface area contributed by atoms with Crippen molar-refractivity contribution in [2.45, 2.75) is 32.0 Å². The number of thiazole rings is 1. The molecule has 4 rings (SSSR count). The molecule has 0 spiro atoms. The van der Waals surface area contributed by atoms with Gasteiger partial charge >= 0.3 is 0 Å². The smallest absolute Gasteiger partial charge is 0.251 e. The Kier molecular flexibility index (Phi) is 7.62. The van der Waals surface area contributed by atoms with Crippen LogP contribution in [0.4, 0.5) is 5.13 Å². The number of nitrogens with zero attached hydrogens (tertiary/aromatic N) is 4. The van der Waals surface area contributed by atoms with Gasteiger partial charge in [-0.1, -0.05) is 59.8 Å². The maximum atomic E-state index is 12.5. The van der Waals surface area contributed by atoms with Crippen LogP contribution in [0.15, 0.2) is 59.8 Å². The van der Waals surface area contributed by atoms with Crippen molar-refractivity contribution >= 4 is 40.0 Å². The number of aryl methyl sites for hydroxylation is 2. The summed E-state index contributed by atoms with van der Waals surface area (Å²) in [6.45, 7) is 5.82. The van der Waals surface area contributed by atoms with Crippen LogP contribution in [0, 0.1) is 13.8 Å². The van der Waals surface area contributed by atoms with Gasteiger partial charge in [-0.2, -0.15) is 0 Å². The molecule has 0 unspecified atom stereocenters. The number of aromatic nitrogens is 4. The third kappa shape index (κ3) is 5.95. The first-order chi connectivity index (χ1) is 16.8. The topological polar surface area (TPSA) is 102 Å². The van der Waals surface area contributed by atoms with E-state index in [-0.39, 0.29) is 23.6 Å². The molecule has 2 N–H and O–H groups in total. The molecule has 2 amide bonds. The van der Waals surface area contributed by atoms with E-state index in [0.29, 0.717) is 21.7 Å². The Bertz CT molecular complexity index is 1330. The van der Waals surface area contributed by atoms with Crippen LogP contribution in [0.1, 0.15) is 39.6 Å². The van der Waals surface area contributed by atoms with E-state index in [4.69, 9.17) is 0 Å². The summed E-state index contributed by atoms with van der Waals surface area (Å²) in [5.41, 5.74) is 3.57. The maximum Gasteiger partial charge on any atom is 0.251 e. The van der Waals surface area contributed by atoms with E-state index < -0.39 is 0 Å². The first-order valence-electron chi connectivity index (χ1n) is 11.0. The van der Waals surface area contributed by atoms with Crippen molar-refractivity contribution in [1.82, 2.24) is 25.1 Å². The van der Waals surface area contributed by atoms with Gasteiger partial charge in [0, 0.05) is 23.1 Å². The molecular weight excluding hydrogens is 480 g/mol. The molecular formula is C25H26N6O2S2. The molecule has 0 saturated heterocycles. The molecule has 2 aromatic carbocycles. The second-order valence-corrected chi connectivity index (χ2v) is 10.2. The number of hydrogen-bond acceptors (Lipinski definition) is 7. The Morgan fingerprint density at radius 2 is 1.77 bits per heavy atom. The third-order valence-corrected chi connectivity index (χ3v) is 7.25. The molecule has 0 fully saturated rings. The summed E-state index contributed by atoms with van der Waals surface area (Å²) < 4.78 is 1.79. The summed E-state index contributed by atoms with van der Waals surface area (Å²) in [7, 11) is 1.82. The van der Waals surface area contributed by atoms with Crippen molar-refractivity contribution in [2.24, 2.45) is 7.05 Å². The van der Waals surface area contributed by atoms with Gasteiger partial charge in [0.05, 0.1) is 17.5 Å². The quantitative estimate of drug-likeness (QED) is 0.334. The molecule has 0 bridgehead atoms. The van der Waals surface area contributed by atoms with E-state index >= 15 is 0 Å². The SMILES string of the molecule is Cc1ccc(C(=O)N[C@H](C)c2nnc(SCC(=O)Nc3nc(-c4ccccc4)c(C)s3)n2C)cc1. The third-order valence-electron chi connectivity index (χ3n) is 5.34. The highest BCUT2D eigenvalue weighted by atomic mass is 32.2. The molecule has 0 aliphatic heterocycles. The molecule has 8 nitrogen and oxygen atoms in total. The maximum absolute atomic E-state index is 12.5. The summed E-state index contributed by atoms with van der Waals surface area (Å²) in [6.07, 6.45) is 0. The minimum Gasteiger partial charge on any atom is -0.342 e. The number of carbonyl (C=O) groups is 2. The molecule has 2 aromatic heterocycles. The van der Waals surface area contributed by atoms with Crippen LogP contribution in [-0.2, 0) is 11.8 Å². The lowest BCUT2D eigenvalue weighted by molar-refractivity contribution is -0.113. The van der Waals surface area contributed by atoms with Crippen molar-refractivity contribution in [1.29, 1.82) is 0 Å². The summed E-state index contributed by atoms with van der Waals surface area (Å²) in [5.74, 6) is 0.419. The number of rotatable bonds is 8. The Hall–Kier alpha value is -3.50. The predicted molar refractivity (Wildman–Crippen MR) is 140 cm³/mol. The summed E-state index contributed by atoms with van der Waals surface area (Å²) in [4.78, 5) is 30.7. The lowest BCUT2D eigenvalue weighted by atomic mass is 10.1. The van der Waals surface area contributed by atoms with Gasteiger partial charge in [0.1, 0.15) is 0 Å². The fourth-order valence-electron chi connectivity index (χ4n) is 3.48. The minimum atomic E-state index is -0.348. The summed E-state index contributed by atoms with van der Waals surface area (Å²) in [5, 5.41) is 15.4. The molecule has 0 aliphatic rings. The van der Waals surface area contributed by atoms with E-state index in [1.807, 2.05) is 70.3 Å². The number of thioether (sulfide) groups is 1. The van der Waals surface area contributed by atoms with Gasteiger partial charge in [-0.15, -0.1) is 21.5 Å². The van der Waals surface area contributed by atoms with Crippen LogP contribution in [0.25, 0.3) is 11.3 Å². The van der Waals surface area contributed by atoms with E-state index in [1.165, 1.54) is 23.1 Å². The molecule has 0 aliphatic carbocycles. The second kappa shape index (κ2) is 10.8. The molecule has 0 radical (unpaired) electrons. The van der Waals surface area contributed by atoms with Crippen molar-refractivity contribution in [3.05, 3.63) is 76.4 Å². The highest BCUT2D eigenvalue weighted by Gasteiger charge is 2.19. The first-order valence-corrected chi connectivity index (χ1v) is 12.8. The lowest BCUT2D eigenvalue weighted by Crippen LogP contribution is -2.28. The van der Waals surface area contributed by atoms with Gasteiger partial charge in [0.25, 0.3) is 5.91 Å².